The Bertz CT molecular complexity index is 1070. The van der Waals surface area contributed by atoms with Gasteiger partial charge in [-0.2, -0.15) is 0 Å². The third-order valence-electron chi connectivity index (χ3n) is 4.36. The van der Waals surface area contributed by atoms with Crippen LogP contribution < -0.4 is 16.0 Å². The summed E-state index contributed by atoms with van der Waals surface area (Å²) in [4.78, 5) is 24.6. The molecule has 0 fully saturated rings. The number of hydrogen-bond donors (Lipinski definition) is 3. The molecule has 152 valence electrons. The van der Waals surface area contributed by atoms with Crippen LogP contribution in [0.15, 0.2) is 77.3 Å². The predicted octanol–water partition coefficient (Wildman–Crippen LogP) is 4.81. The van der Waals surface area contributed by atoms with E-state index >= 15 is 0 Å². The third kappa shape index (κ3) is 5.98. The van der Waals surface area contributed by atoms with Gasteiger partial charge in [-0.3, -0.25) is 14.9 Å². The molecule has 3 N–H and O–H groups in total. The number of carbonyl (C=O) groups excluding carboxylic acids is 2. The van der Waals surface area contributed by atoms with Gasteiger partial charge in [-0.05, 0) is 66.7 Å². The van der Waals surface area contributed by atoms with Gasteiger partial charge in [0.25, 0.3) is 11.8 Å². The van der Waals surface area contributed by atoms with E-state index in [1.165, 1.54) is 0 Å². The van der Waals surface area contributed by atoms with Crippen molar-refractivity contribution in [1.29, 1.82) is 0 Å². The lowest BCUT2D eigenvalue weighted by Crippen LogP contribution is -2.34. The van der Waals surface area contributed by atoms with Gasteiger partial charge in [0.05, 0.1) is 0 Å². The average molecular weight is 482 g/mol. The van der Waals surface area contributed by atoms with Gasteiger partial charge < -0.3 is 10.6 Å². The monoisotopic (exact) mass is 481 g/mol. The Hall–Kier alpha value is -3.03. The molecule has 3 rings (SSSR count). The minimum atomic E-state index is -0.301. The number of carbonyl (C=O) groups is 2. The zero-order valence-corrected chi connectivity index (χ0v) is 18.6. The fraction of sp³-hybridized carbons (Fsp3) is 0.0870. The molecule has 0 radical (unpaired) electrons. The molecule has 3 aromatic rings. The second-order valence-corrected chi connectivity index (χ2v) is 7.88. The molecule has 0 aliphatic carbocycles. The van der Waals surface area contributed by atoms with Crippen LogP contribution in [0.1, 0.15) is 31.8 Å². The van der Waals surface area contributed by atoms with E-state index in [0.717, 1.165) is 15.6 Å². The second kappa shape index (κ2) is 10.1. The molecule has 0 aliphatic heterocycles. The Morgan fingerprint density at radius 3 is 2.23 bits per heavy atom. The number of anilines is 1. The Kier molecular flexibility index (Phi) is 7.32. The van der Waals surface area contributed by atoms with Crippen molar-refractivity contribution in [2.75, 3.05) is 5.32 Å². The molecule has 0 aromatic heterocycles. The van der Waals surface area contributed by atoms with Crippen molar-refractivity contribution in [1.82, 2.24) is 10.6 Å². The molecule has 30 heavy (non-hydrogen) atoms. The largest absolute Gasteiger partial charge is 0.348 e. The van der Waals surface area contributed by atoms with Crippen LogP contribution in [0.5, 0.6) is 0 Å². The van der Waals surface area contributed by atoms with Gasteiger partial charge in [-0.15, -0.1) is 0 Å². The van der Waals surface area contributed by atoms with Crippen molar-refractivity contribution in [2.45, 2.75) is 13.5 Å². The number of aryl methyl sites for hydroxylation is 1. The molecule has 0 bridgehead atoms. The van der Waals surface area contributed by atoms with E-state index in [-0.39, 0.29) is 16.9 Å². The molecule has 0 spiro atoms. The SMILES string of the molecule is Cc1ccc(C(=O)NC(=S)Nc2ccc(C(=O)NCc3ccccc3)cc2)cc1Br. The van der Waals surface area contributed by atoms with Crippen LogP contribution in [0.2, 0.25) is 0 Å². The molecule has 5 nitrogen and oxygen atoms in total. The minimum Gasteiger partial charge on any atom is -0.348 e. The number of thiocarbonyl (C=S) groups is 1. The maximum Gasteiger partial charge on any atom is 0.257 e. The fourth-order valence-electron chi connectivity index (χ4n) is 2.66. The van der Waals surface area contributed by atoms with Gasteiger partial charge in [0.2, 0.25) is 0 Å². The zero-order chi connectivity index (χ0) is 21.5. The maximum absolute atomic E-state index is 12.3. The highest BCUT2D eigenvalue weighted by Gasteiger charge is 2.10. The van der Waals surface area contributed by atoms with Crippen LogP contribution in [-0.2, 0) is 6.54 Å². The van der Waals surface area contributed by atoms with Crippen molar-refractivity contribution >= 4 is 50.8 Å². The molecule has 0 atom stereocenters. The lowest BCUT2D eigenvalue weighted by molar-refractivity contribution is 0.0948. The van der Waals surface area contributed by atoms with E-state index in [4.69, 9.17) is 12.2 Å². The normalized spacial score (nSPS) is 10.2. The molecule has 0 saturated heterocycles. The first kappa shape index (κ1) is 21.7. The summed E-state index contributed by atoms with van der Waals surface area (Å²) in [5, 5.41) is 8.66. The van der Waals surface area contributed by atoms with Gasteiger partial charge in [-0.1, -0.05) is 52.3 Å². The molecular weight excluding hydrogens is 462 g/mol. The zero-order valence-electron chi connectivity index (χ0n) is 16.2. The van der Waals surface area contributed by atoms with E-state index in [2.05, 4.69) is 31.9 Å². The highest BCUT2D eigenvalue weighted by molar-refractivity contribution is 9.10. The molecular formula is C23H20BrN3O2S. The Morgan fingerprint density at radius 1 is 0.900 bits per heavy atom. The van der Waals surface area contributed by atoms with E-state index in [1.54, 1.807) is 36.4 Å². The Balaban J connectivity index is 1.53. The average Bonchev–Trinajstić information content (AvgIpc) is 2.75. The van der Waals surface area contributed by atoms with Crippen LogP contribution in [0.25, 0.3) is 0 Å². The first-order valence-electron chi connectivity index (χ1n) is 9.23. The predicted molar refractivity (Wildman–Crippen MR) is 127 cm³/mol. The van der Waals surface area contributed by atoms with Crippen LogP contribution in [0.4, 0.5) is 5.69 Å². The van der Waals surface area contributed by atoms with Gasteiger partial charge in [0.15, 0.2) is 5.11 Å². The van der Waals surface area contributed by atoms with Gasteiger partial charge >= 0.3 is 0 Å². The Morgan fingerprint density at radius 2 is 1.57 bits per heavy atom. The lowest BCUT2D eigenvalue weighted by atomic mass is 10.1. The van der Waals surface area contributed by atoms with E-state index < -0.39 is 0 Å². The summed E-state index contributed by atoms with van der Waals surface area (Å²) in [5.74, 6) is -0.462. The number of rotatable bonds is 5. The quantitative estimate of drug-likeness (QED) is 0.457. The summed E-state index contributed by atoms with van der Waals surface area (Å²) in [7, 11) is 0. The number of hydrogen-bond acceptors (Lipinski definition) is 3. The van der Waals surface area contributed by atoms with Crippen molar-refractivity contribution < 1.29 is 9.59 Å². The van der Waals surface area contributed by atoms with Gasteiger partial charge in [-0.25, -0.2) is 0 Å². The molecule has 0 heterocycles. The minimum absolute atomic E-state index is 0.161. The summed E-state index contributed by atoms with van der Waals surface area (Å²) in [6.07, 6.45) is 0. The van der Waals surface area contributed by atoms with E-state index in [0.29, 0.717) is 23.4 Å². The van der Waals surface area contributed by atoms with Crippen LogP contribution in [0.3, 0.4) is 0 Å². The molecule has 7 heteroatoms. The summed E-state index contributed by atoms with van der Waals surface area (Å²) in [6.45, 7) is 2.41. The third-order valence-corrected chi connectivity index (χ3v) is 5.42. The van der Waals surface area contributed by atoms with Crippen LogP contribution in [-0.4, -0.2) is 16.9 Å². The number of amides is 2. The van der Waals surface area contributed by atoms with Gasteiger partial charge in [0.1, 0.15) is 0 Å². The van der Waals surface area contributed by atoms with Crippen LogP contribution in [0, 0.1) is 6.92 Å². The highest BCUT2D eigenvalue weighted by atomic mass is 79.9. The number of nitrogens with one attached hydrogen (secondary N) is 3. The standard InChI is InChI=1S/C23H20BrN3O2S/c1-15-7-8-18(13-20(15)24)22(29)27-23(30)26-19-11-9-17(10-12-19)21(28)25-14-16-5-3-2-4-6-16/h2-13H,14H2,1H3,(H,25,28)(H2,26,27,29,30). The molecule has 0 unspecified atom stereocenters. The molecule has 2 amide bonds. The van der Waals surface area contributed by atoms with Gasteiger partial charge in [0, 0.05) is 27.8 Å². The molecule has 3 aromatic carbocycles. The summed E-state index contributed by atoms with van der Waals surface area (Å²) in [6, 6.07) is 21.9. The first-order chi connectivity index (χ1) is 14.4. The number of halogens is 1. The van der Waals surface area contributed by atoms with Crippen molar-refractivity contribution in [2.24, 2.45) is 0 Å². The Labute approximate surface area is 189 Å². The molecule has 0 saturated carbocycles. The van der Waals surface area contributed by atoms with Crippen molar-refractivity contribution in [3.8, 4) is 0 Å². The van der Waals surface area contributed by atoms with Crippen molar-refractivity contribution in [3.63, 3.8) is 0 Å². The summed E-state index contributed by atoms with van der Waals surface area (Å²) < 4.78 is 0.857. The smallest absolute Gasteiger partial charge is 0.257 e. The first-order valence-corrected chi connectivity index (χ1v) is 10.4. The van der Waals surface area contributed by atoms with Crippen LogP contribution >= 0.6 is 28.1 Å². The van der Waals surface area contributed by atoms with E-state index in [1.807, 2.05) is 43.3 Å². The molecule has 0 aliphatic rings. The second-order valence-electron chi connectivity index (χ2n) is 6.62. The summed E-state index contributed by atoms with van der Waals surface area (Å²) in [5.41, 5.74) is 3.79. The van der Waals surface area contributed by atoms with Crippen molar-refractivity contribution in [3.05, 3.63) is 99.5 Å². The fourth-order valence-corrected chi connectivity index (χ4v) is 3.25. The maximum atomic E-state index is 12.3. The lowest BCUT2D eigenvalue weighted by Gasteiger charge is -2.11. The summed E-state index contributed by atoms with van der Waals surface area (Å²) >= 11 is 8.63. The topological polar surface area (TPSA) is 70.2 Å². The number of benzene rings is 3. The van der Waals surface area contributed by atoms with E-state index in [9.17, 15) is 9.59 Å². The highest BCUT2D eigenvalue weighted by Crippen LogP contribution is 2.17.